The van der Waals surface area contributed by atoms with Crippen LogP contribution >= 0.6 is 11.3 Å². The number of nitrogens with zero attached hydrogens (tertiary/aromatic N) is 3. The van der Waals surface area contributed by atoms with Gasteiger partial charge in [-0.25, -0.2) is 4.98 Å². The number of thiazole rings is 1. The quantitative estimate of drug-likeness (QED) is 0.132. The number of hydrogen-bond donors (Lipinski definition) is 3. The summed E-state index contributed by atoms with van der Waals surface area (Å²) < 4.78 is 5.79. The van der Waals surface area contributed by atoms with Crippen LogP contribution in [0.15, 0.2) is 29.6 Å². The molecular formula is C42H63N5O8S. The van der Waals surface area contributed by atoms with Gasteiger partial charge in [0.05, 0.1) is 18.0 Å². The minimum atomic E-state index is -0.985. The third-order valence-electron chi connectivity index (χ3n) is 11.6. The molecule has 13 nitrogen and oxygen atoms in total. The van der Waals surface area contributed by atoms with Crippen molar-refractivity contribution in [3.8, 4) is 0 Å². The van der Waals surface area contributed by atoms with E-state index in [9.17, 15) is 33.9 Å². The summed E-state index contributed by atoms with van der Waals surface area (Å²) in [5.41, 5.74) is 6.61. The molecule has 56 heavy (non-hydrogen) atoms. The average Bonchev–Trinajstić information content (AvgIpc) is 3.78. The molecule has 1 aromatic heterocycles. The number of benzene rings is 1. The molecule has 2 heterocycles. The summed E-state index contributed by atoms with van der Waals surface area (Å²) in [7, 11) is 3.71. The number of nitrogens with two attached hydrogens (primary N) is 1. The number of carbonyl (C=O) groups is 6. The van der Waals surface area contributed by atoms with Gasteiger partial charge in [-0.3, -0.25) is 33.7 Å². The van der Waals surface area contributed by atoms with Crippen LogP contribution in [0.25, 0.3) is 0 Å². The highest BCUT2D eigenvalue weighted by Gasteiger charge is 2.44. The van der Waals surface area contributed by atoms with E-state index < -0.39 is 47.4 Å². The maximum Gasteiger partial charge on any atom is 0.306 e. The fourth-order valence-corrected chi connectivity index (χ4v) is 8.34. The van der Waals surface area contributed by atoms with Gasteiger partial charge in [0.25, 0.3) is 5.91 Å². The van der Waals surface area contributed by atoms with Crippen molar-refractivity contribution in [1.29, 1.82) is 0 Å². The van der Waals surface area contributed by atoms with Gasteiger partial charge >= 0.3 is 11.9 Å². The summed E-state index contributed by atoms with van der Waals surface area (Å²) in [6.45, 7) is 13.7. The van der Waals surface area contributed by atoms with Gasteiger partial charge in [-0.15, -0.1) is 11.3 Å². The summed E-state index contributed by atoms with van der Waals surface area (Å²) in [5, 5.41) is 14.6. The van der Waals surface area contributed by atoms with Crippen molar-refractivity contribution in [2.45, 2.75) is 124 Å². The normalized spacial score (nSPS) is 19.1. The number of hydrogen-bond acceptors (Lipinski definition) is 11. The number of likely N-dealkylation sites (N-methyl/N-ethyl adjacent to an activating group) is 1. The number of rotatable bonds is 22. The van der Waals surface area contributed by atoms with Crippen molar-refractivity contribution >= 4 is 46.7 Å². The van der Waals surface area contributed by atoms with Crippen molar-refractivity contribution < 1.29 is 38.6 Å². The lowest BCUT2D eigenvalue weighted by molar-refractivity contribution is -0.150. The number of ketones is 2. The molecule has 3 rings (SSSR count). The third kappa shape index (κ3) is 12.5. The van der Waals surface area contributed by atoms with E-state index in [1.807, 2.05) is 65.9 Å². The highest BCUT2D eigenvalue weighted by Crippen LogP contribution is 2.35. The van der Waals surface area contributed by atoms with E-state index in [1.165, 1.54) is 6.92 Å². The van der Waals surface area contributed by atoms with Crippen LogP contribution in [0.1, 0.15) is 120 Å². The molecule has 310 valence electrons. The number of ether oxygens (including phenoxy) is 1. The van der Waals surface area contributed by atoms with Gasteiger partial charge in [-0.05, 0) is 69.2 Å². The topological polar surface area (TPSA) is 189 Å². The number of likely N-dealkylation sites (tertiary alicyclic amines) is 1. The van der Waals surface area contributed by atoms with E-state index >= 15 is 0 Å². The van der Waals surface area contributed by atoms with Gasteiger partial charge < -0.3 is 25.8 Å². The summed E-state index contributed by atoms with van der Waals surface area (Å²) in [5.74, 6) is -3.50. The van der Waals surface area contributed by atoms with Crippen molar-refractivity contribution in [3.63, 3.8) is 0 Å². The standard InChI is InChI=1S/C42H63N5O8S/c1-10-26(4)33(21-37(50)42(7)16-11-17-46(42)8)40(52)47(9)35(25(2)3)22-36(55-28(6)48)39-45-34(24-56-39)38(51)44-31(18-27(5)41(53)54)19-29-12-14-30(15-13-29)20-32(49)23-43/h12-15,24-27,31,33,35-36H,10-11,16-23,43H2,1-9H3,(H,44,51)(H,53,54)/t26-,27-,31+,33-,35+,36+,42+/m0/s1. The molecule has 1 fully saturated rings. The average molecular weight is 798 g/mol. The fraction of sp³-hybridized carbons (Fsp3) is 0.643. The lowest BCUT2D eigenvalue weighted by Gasteiger charge is -2.38. The number of esters is 1. The highest BCUT2D eigenvalue weighted by molar-refractivity contribution is 7.09. The molecule has 4 N–H and O–H groups in total. The Labute approximate surface area is 336 Å². The van der Waals surface area contributed by atoms with E-state index in [0.717, 1.165) is 48.3 Å². The van der Waals surface area contributed by atoms with Crippen LogP contribution in [0.3, 0.4) is 0 Å². The number of amides is 2. The molecule has 0 unspecified atom stereocenters. The van der Waals surface area contributed by atoms with Crippen molar-refractivity contribution in [1.82, 2.24) is 20.1 Å². The van der Waals surface area contributed by atoms with Gasteiger partial charge in [-0.1, -0.05) is 65.3 Å². The first kappa shape index (κ1) is 46.4. The largest absolute Gasteiger partial charge is 0.481 e. The summed E-state index contributed by atoms with van der Waals surface area (Å²) in [4.78, 5) is 86.0. The Kier molecular flexibility index (Phi) is 17.3. The number of aliphatic carboxylic acids is 1. The fourth-order valence-electron chi connectivity index (χ4n) is 7.51. The van der Waals surface area contributed by atoms with E-state index in [1.54, 1.807) is 24.3 Å². The number of carbonyl (C=O) groups excluding carboxylic acids is 5. The zero-order chi connectivity index (χ0) is 41.9. The van der Waals surface area contributed by atoms with Crippen molar-refractivity contribution in [2.75, 3.05) is 27.2 Å². The first-order chi connectivity index (χ1) is 26.3. The zero-order valence-electron chi connectivity index (χ0n) is 34.6. The van der Waals surface area contributed by atoms with Crippen LogP contribution in [-0.4, -0.2) is 100 Å². The minimum absolute atomic E-state index is 0.0324. The zero-order valence-corrected chi connectivity index (χ0v) is 35.4. The smallest absolute Gasteiger partial charge is 0.306 e. The Bertz CT molecular complexity index is 1680. The van der Waals surface area contributed by atoms with Gasteiger partial charge in [0.1, 0.15) is 10.7 Å². The molecule has 2 amide bonds. The molecule has 0 radical (unpaired) electrons. The molecule has 1 aliphatic rings. The van der Waals surface area contributed by atoms with E-state index in [0.29, 0.717) is 11.4 Å². The Morgan fingerprint density at radius 1 is 1.07 bits per heavy atom. The van der Waals surface area contributed by atoms with E-state index in [-0.39, 0.29) is 73.3 Å². The molecule has 0 saturated carbocycles. The second-order valence-corrected chi connectivity index (χ2v) is 17.1. The van der Waals surface area contributed by atoms with Gasteiger partial charge in [-0.2, -0.15) is 0 Å². The number of carboxylic acid groups (broad SMARTS) is 1. The minimum Gasteiger partial charge on any atom is -0.481 e. The molecule has 0 bridgehead atoms. The van der Waals surface area contributed by atoms with Gasteiger partial charge in [0.15, 0.2) is 17.7 Å². The molecule has 0 spiro atoms. The summed E-state index contributed by atoms with van der Waals surface area (Å²) in [6, 6.07) is 6.39. The molecule has 7 atom stereocenters. The summed E-state index contributed by atoms with van der Waals surface area (Å²) >= 11 is 1.16. The molecular weight excluding hydrogens is 735 g/mol. The molecule has 1 aromatic carbocycles. The van der Waals surface area contributed by atoms with Gasteiger partial charge in [0, 0.05) is 56.6 Å². The Morgan fingerprint density at radius 3 is 2.25 bits per heavy atom. The van der Waals surface area contributed by atoms with Crippen molar-refractivity contribution in [2.24, 2.45) is 29.4 Å². The lowest BCUT2D eigenvalue weighted by atomic mass is 9.80. The van der Waals surface area contributed by atoms with Gasteiger partial charge in [0.2, 0.25) is 5.91 Å². The first-order valence-electron chi connectivity index (χ1n) is 19.8. The maximum atomic E-state index is 14.3. The number of Topliss-reactive ketones (excluding diaryl/α,β-unsaturated/α-hetero) is 2. The SMILES string of the molecule is CC[C@H](C)[C@H](CC(=O)[C@@]1(C)CCCN1C)C(=O)N(C)[C@H](C[C@@H](OC(C)=O)c1nc(C(=O)N[C@@H](Cc2ccc(CC(=O)CN)cc2)C[C@H](C)C(=O)O)cs1)C(C)C. The van der Waals surface area contributed by atoms with Crippen LogP contribution in [0.4, 0.5) is 0 Å². The Morgan fingerprint density at radius 2 is 1.71 bits per heavy atom. The molecule has 14 heteroatoms. The predicted molar refractivity (Wildman–Crippen MR) is 216 cm³/mol. The van der Waals surface area contributed by atoms with Crippen LogP contribution in [0, 0.1) is 23.7 Å². The summed E-state index contributed by atoms with van der Waals surface area (Å²) in [6.07, 6.45) is 2.68. The van der Waals surface area contributed by atoms with Crippen LogP contribution < -0.4 is 11.1 Å². The molecule has 2 aromatic rings. The van der Waals surface area contributed by atoms with E-state index in [2.05, 4.69) is 15.2 Å². The Hall–Kier alpha value is -4.01. The number of nitrogens with one attached hydrogen (secondary N) is 1. The van der Waals surface area contributed by atoms with Crippen LogP contribution in [-0.2, 0) is 41.6 Å². The van der Waals surface area contributed by atoms with Crippen molar-refractivity contribution in [3.05, 3.63) is 51.5 Å². The molecule has 1 aliphatic heterocycles. The number of carboxylic acids is 1. The molecule has 0 aliphatic carbocycles. The highest BCUT2D eigenvalue weighted by atomic mass is 32.1. The molecule has 1 saturated heterocycles. The maximum absolute atomic E-state index is 14.3. The second-order valence-electron chi connectivity index (χ2n) is 16.2. The first-order valence-corrected chi connectivity index (χ1v) is 20.7. The Balaban J connectivity index is 1.82. The predicted octanol–water partition coefficient (Wildman–Crippen LogP) is 5.25. The monoisotopic (exact) mass is 797 g/mol. The van der Waals surface area contributed by atoms with E-state index in [4.69, 9.17) is 10.5 Å². The van der Waals surface area contributed by atoms with Crippen LogP contribution in [0.5, 0.6) is 0 Å². The third-order valence-corrected chi connectivity index (χ3v) is 12.5. The van der Waals surface area contributed by atoms with Crippen LogP contribution in [0.2, 0.25) is 0 Å². The second kappa shape index (κ2) is 20.9. The lowest BCUT2D eigenvalue weighted by Crippen LogP contribution is -2.50. The number of aromatic nitrogens is 1.